The molecule has 9 heavy (non-hydrogen) atoms. The van der Waals surface area contributed by atoms with Gasteiger partial charge in [0.15, 0.2) is 0 Å². The van der Waals surface area contributed by atoms with E-state index in [9.17, 15) is 0 Å². The summed E-state index contributed by atoms with van der Waals surface area (Å²) in [7, 11) is 1.78. The average Bonchev–Trinajstić information content (AvgIpc) is 2.65. The molecule has 1 rings (SSSR count). The first-order valence-electron chi connectivity index (χ1n) is 2.67. The van der Waals surface area contributed by atoms with Crippen LogP contribution in [0, 0.1) is 0 Å². The number of rotatable bonds is 3. The monoisotopic (exact) mass is 128 g/mol. The third-order valence-corrected chi connectivity index (χ3v) is 1.34. The van der Waals surface area contributed by atoms with Gasteiger partial charge in [0.05, 0.1) is 13.2 Å². The van der Waals surface area contributed by atoms with Gasteiger partial charge in [0.1, 0.15) is 5.72 Å². The number of nitrogens with one attached hydrogen (secondary N) is 1. The molecule has 0 saturated carbocycles. The molecule has 0 aliphatic carbocycles. The van der Waals surface area contributed by atoms with Crippen LogP contribution in [0.2, 0.25) is 0 Å². The second-order valence-corrected chi connectivity index (χ2v) is 1.92. The normalized spacial score (nSPS) is 31.2. The van der Waals surface area contributed by atoms with Gasteiger partial charge in [-0.3, -0.25) is 5.32 Å². The molecule has 1 aliphatic heterocycles. The Morgan fingerprint density at radius 1 is 2.00 bits per heavy atom. The Hall–Kier alpha value is -0.770. The van der Waals surface area contributed by atoms with Gasteiger partial charge in [-0.2, -0.15) is 0 Å². The summed E-state index contributed by atoms with van der Waals surface area (Å²) in [5.41, 5.74) is 7.60. The van der Waals surface area contributed by atoms with Crippen molar-refractivity contribution in [1.82, 2.24) is 5.32 Å². The van der Waals surface area contributed by atoms with Crippen LogP contribution < -0.4 is 5.32 Å². The summed E-state index contributed by atoms with van der Waals surface area (Å²) in [6, 6.07) is 0. The van der Waals surface area contributed by atoms with Gasteiger partial charge in [0.2, 0.25) is 0 Å². The van der Waals surface area contributed by atoms with Crippen LogP contribution in [0.3, 0.4) is 0 Å². The molecule has 1 saturated heterocycles. The van der Waals surface area contributed by atoms with E-state index in [0.717, 1.165) is 0 Å². The zero-order chi connectivity index (χ0) is 6.74. The standard InChI is InChI=1S/C4H8N4O/c1-6-4(3-9-4)2-7-8-5/h6H,2-3H2,1H3. The fraction of sp³-hybridized carbons (Fsp3) is 1.00. The lowest BCUT2D eigenvalue weighted by Crippen LogP contribution is -2.31. The minimum Gasteiger partial charge on any atom is -0.354 e. The Balaban J connectivity index is 2.33. The zero-order valence-corrected chi connectivity index (χ0v) is 5.16. The van der Waals surface area contributed by atoms with Crippen molar-refractivity contribution >= 4 is 0 Å². The minimum atomic E-state index is -0.327. The molecule has 5 heteroatoms. The predicted molar refractivity (Wildman–Crippen MR) is 31.8 cm³/mol. The van der Waals surface area contributed by atoms with E-state index in [2.05, 4.69) is 15.3 Å². The largest absolute Gasteiger partial charge is 0.354 e. The van der Waals surface area contributed by atoms with Gasteiger partial charge >= 0.3 is 0 Å². The average molecular weight is 128 g/mol. The quantitative estimate of drug-likeness (QED) is 0.256. The van der Waals surface area contributed by atoms with E-state index in [1.807, 2.05) is 0 Å². The summed E-state index contributed by atoms with van der Waals surface area (Å²) in [6.07, 6.45) is 0. The van der Waals surface area contributed by atoms with Crippen molar-refractivity contribution in [3.8, 4) is 0 Å². The molecule has 1 unspecified atom stereocenters. The molecule has 50 valence electrons. The lowest BCUT2D eigenvalue weighted by molar-refractivity contribution is 0.276. The number of hydrogen-bond donors (Lipinski definition) is 1. The molecule has 0 spiro atoms. The predicted octanol–water partition coefficient (Wildman–Crippen LogP) is 0.243. The lowest BCUT2D eigenvalue weighted by Gasteiger charge is -2.03. The van der Waals surface area contributed by atoms with Crippen molar-refractivity contribution in [3.05, 3.63) is 10.4 Å². The van der Waals surface area contributed by atoms with Crippen LogP contribution in [0.25, 0.3) is 10.4 Å². The van der Waals surface area contributed by atoms with Gasteiger partial charge in [-0.05, 0) is 12.6 Å². The van der Waals surface area contributed by atoms with E-state index in [1.54, 1.807) is 7.05 Å². The molecule has 1 heterocycles. The van der Waals surface area contributed by atoms with Crippen molar-refractivity contribution in [2.45, 2.75) is 5.72 Å². The van der Waals surface area contributed by atoms with Crippen molar-refractivity contribution in [2.75, 3.05) is 20.2 Å². The van der Waals surface area contributed by atoms with Crippen LogP contribution in [0.1, 0.15) is 0 Å². The van der Waals surface area contributed by atoms with Crippen molar-refractivity contribution in [1.29, 1.82) is 0 Å². The summed E-state index contributed by atoms with van der Waals surface area (Å²) in [6.45, 7) is 1.02. The Labute approximate surface area is 52.6 Å². The van der Waals surface area contributed by atoms with E-state index in [-0.39, 0.29) is 5.72 Å². The second-order valence-electron chi connectivity index (χ2n) is 1.92. The molecule has 1 N–H and O–H groups in total. The number of hydrogen-bond acceptors (Lipinski definition) is 3. The third kappa shape index (κ3) is 1.32. The molecule has 5 nitrogen and oxygen atoms in total. The minimum absolute atomic E-state index is 0.327. The first kappa shape index (κ1) is 6.35. The van der Waals surface area contributed by atoms with Gasteiger partial charge < -0.3 is 4.74 Å². The van der Waals surface area contributed by atoms with Crippen LogP contribution in [-0.4, -0.2) is 25.9 Å². The molecule has 0 bridgehead atoms. The number of azide groups is 1. The molecule has 0 aromatic heterocycles. The summed E-state index contributed by atoms with van der Waals surface area (Å²) in [5.74, 6) is 0. The third-order valence-electron chi connectivity index (χ3n) is 1.34. The molecular weight excluding hydrogens is 120 g/mol. The maximum Gasteiger partial charge on any atom is 0.148 e. The van der Waals surface area contributed by atoms with E-state index in [1.165, 1.54) is 0 Å². The van der Waals surface area contributed by atoms with Gasteiger partial charge in [-0.15, -0.1) is 0 Å². The zero-order valence-electron chi connectivity index (χ0n) is 5.16. The molecular formula is C4H8N4O. The van der Waals surface area contributed by atoms with E-state index in [4.69, 9.17) is 10.3 Å². The van der Waals surface area contributed by atoms with E-state index < -0.39 is 0 Å². The molecule has 0 aromatic carbocycles. The van der Waals surface area contributed by atoms with Gasteiger partial charge in [0.25, 0.3) is 0 Å². The van der Waals surface area contributed by atoms with E-state index in [0.29, 0.717) is 13.2 Å². The van der Waals surface area contributed by atoms with E-state index >= 15 is 0 Å². The van der Waals surface area contributed by atoms with Gasteiger partial charge in [0, 0.05) is 4.91 Å². The number of nitrogens with zero attached hydrogens (tertiary/aromatic N) is 3. The summed E-state index contributed by atoms with van der Waals surface area (Å²) >= 11 is 0. The Morgan fingerprint density at radius 2 is 2.67 bits per heavy atom. The Kier molecular flexibility index (Phi) is 1.57. The summed E-state index contributed by atoms with van der Waals surface area (Å²) in [5, 5.41) is 6.27. The van der Waals surface area contributed by atoms with Crippen molar-refractivity contribution < 1.29 is 4.74 Å². The number of likely N-dealkylation sites (N-methyl/N-ethyl adjacent to an activating group) is 1. The Bertz CT molecular complexity index is 147. The van der Waals surface area contributed by atoms with Crippen LogP contribution in [0.5, 0.6) is 0 Å². The molecule has 1 atom stereocenters. The van der Waals surface area contributed by atoms with Crippen molar-refractivity contribution in [3.63, 3.8) is 0 Å². The fourth-order valence-electron chi connectivity index (χ4n) is 0.548. The van der Waals surface area contributed by atoms with Crippen molar-refractivity contribution in [2.24, 2.45) is 5.11 Å². The molecule has 1 fully saturated rings. The van der Waals surface area contributed by atoms with Crippen LogP contribution in [0.15, 0.2) is 5.11 Å². The number of epoxide rings is 1. The highest BCUT2D eigenvalue weighted by Gasteiger charge is 2.42. The topological polar surface area (TPSA) is 73.3 Å². The van der Waals surface area contributed by atoms with Gasteiger partial charge in [-0.25, -0.2) is 0 Å². The Morgan fingerprint density at radius 3 is 3.00 bits per heavy atom. The highest BCUT2D eigenvalue weighted by molar-refractivity contribution is 4.90. The SMILES string of the molecule is CNC1(CN=[N+]=[N-])CO1. The smallest absolute Gasteiger partial charge is 0.148 e. The highest BCUT2D eigenvalue weighted by Crippen LogP contribution is 2.22. The van der Waals surface area contributed by atoms with Gasteiger partial charge in [-0.1, -0.05) is 5.11 Å². The molecule has 1 aliphatic rings. The van der Waals surface area contributed by atoms with Crippen LogP contribution in [0.4, 0.5) is 0 Å². The second kappa shape index (κ2) is 2.23. The van der Waals surface area contributed by atoms with Crippen LogP contribution in [-0.2, 0) is 4.74 Å². The van der Waals surface area contributed by atoms with Crippen LogP contribution >= 0.6 is 0 Å². The molecule has 0 amide bonds. The lowest BCUT2D eigenvalue weighted by atomic mass is 10.3. The summed E-state index contributed by atoms with van der Waals surface area (Å²) in [4.78, 5) is 2.61. The summed E-state index contributed by atoms with van der Waals surface area (Å²) < 4.78 is 4.97. The first-order valence-corrected chi connectivity index (χ1v) is 2.67. The maximum absolute atomic E-state index is 7.93. The maximum atomic E-state index is 7.93. The highest BCUT2D eigenvalue weighted by atomic mass is 16.6. The fourth-order valence-corrected chi connectivity index (χ4v) is 0.548. The first-order chi connectivity index (χ1) is 4.33. The number of ether oxygens (including phenoxy) is 1. The molecule has 0 aromatic rings. The molecule has 0 radical (unpaired) electrons.